The molecule has 0 unspecified atom stereocenters. The van der Waals surface area contributed by atoms with Crippen LogP contribution in [0.15, 0.2) is 0 Å². The van der Waals surface area contributed by atoms with E-state index in [1.54, 1.807) is 0 Å². The monoisotopic (exact) mass is 257 g/mol. The summed E-state index contributed by atoms with van der Waals surface area (Å²) in [7, 11) is 0. The van der Waals surface area contributed by atoms with Gasteiger partial charge in [0.1, 0.15) is 0 Å². The second-order valence-electron chi connectivity index (χ2n) is 0. The second kappa shape index (κ2) is 17.9. The summed E-state index contributed by atoms with van der Waals surface area (Å²) in [5.74, 6) is 0. The molecular formula is Cr2CuZr. The van der Waals surface area contributed by atoms with E-state index in [-0.39, 0.29) is 78.0 Å². The molecule has 0 fully saturated rings. The van der Waals surface area contributed by atoms with E-state index < -0.39 is 0 Å². The summed E-state index contributed by atoms with van der Waals surface area (Å²) >= 11 is 0. The van der Waals surface area contributed by atoms with Gasteiger partial charge in [0.15, 0.2) is 0 Å². The molecule has 1 radical (unpaired) electrons. The maximum absolute atomic E-state index is 0. The molecule has 0 aliphatic rings. The Morgan fingerprint density at radius 2 is 0.750 bits per heavy atom. The number of hydrogen-bond donors (Lipinski definition) is 0. The Morgan fingerprint density at radius 1 is 0.750 bits per heavy atom. The normalized spacial score (nSPS) is 0. The van der Waals surface area contributed by atoms with Crippen LogP contribution in [0, 0.1) is 0 Å². The van der Waals surface area contributed by atoms with E-state index in [4.69, 9.17) is 0 Å². The van der Waals surface area contributed by atoms with Gasteiger partial charge < -0.3 is 0 Å². The molecule has 0 spiro atoms. The van der Waals surface area contributed by atoms with Crippen LogP contribution in [0.3, 0.4) is 0 Å². The molecule has 0 aliphatic carbocycles. The van der Waals surface area contributed by atoms with Crippen molar-refractivity contribution < 1.29 is 78.0 Å². The average Bonchev–Trinajstić information content (AvgIpc) is 0. The molecule has 0 amide bonds. The molecule has 0 nitrogen and oxygen atoms in total. The SMILES string of the molecule is [Cr].[Cr].[Cu].[Zr]. The van der Waals surface area contributed by atoms with Crippen LogP contribution in [0.5, 0.6) is 0 Å². The molecule has 0 N–H and O–H groups in total. The molecule has 27 valence electrons. The van der Waals surface area contributed by atoms with Crippen LogP contribution >= 0.6 is 0 Å². The van der Waals surface area contributed by atoms with Gasteiger partial charge in [0, 0.05) is 78.0 Å². The summed E-state index contributed by atoms with van der Waals surface area (Å²) in [5.41, 5.74) is 0. The summed E-state index contributed by atoms with van der Waals surface area (Å²) in [6, 6.07) is 0. The van der Waals surface area contributed by atoms with Gasteiger partial charge >= 0.3 is 0 Å². The van der Waals surface area contributed by atoms with Crippen LogP contribution in [-0.2, 0) is 78.0 Å². The molecule has 0 aromatic heterocycles. The zero-order valence-corrected chi connectivity index (χ0v) is 7.57. The molecule has 4 heteroatoms. The van der Waals surface area contributed by atoms with Crippen LogP contribution in [0.2, 0.25) is 0 Å². The van der Waals surface area contributed by atoms with Gasteiger partial charge in [0.05, 0.1) is 0 Å². The van der Waals surface area contributed by atoms with E-state index in [1.807, 2.05) is 0 Å². The minimum Gasteiger partial charge on any atom is 0 e. The largest absolute Gasteiger partial charge is 0 e. The quantitative estimate of drug-likeness (QED) is 0.537. The molecule has 0 saturated heterocycles. The zero-order chi connectivity index (χ0) is 0. The average molecular weight is 259 g/mol. The van der Waals surface area contributed by atoms with E-state index in [9.17, 15) is 0 Å². The first-order chi connectivity index (χ1) is 0. The van der Waals surface area contributed by atoms with Crippen LogP contribution in [0.25, 0.3) is 0 Å². The number of rotatable bonds is 0. The smallest absolute Gasteiger partial charge is 0 e. The Labute approximate surface area is 77.0 Å². The third-order valence-corrected chi connectivity index (χ3v) is 0. The van der Waals surface area contributed by atoms with Crippen molar-refractivity contribution in [1.29, 1.82) is 0 Å². The van der Waals surface area contributed by atoms with Crippen LogP contribution in [0.4, 0.5) is 0 Å². The fourth-order valence-corrected chi connectivity index (χ4v) is 0. The van der Waals surface area contributed by atoms with Crippen molar-refractivity contribution in [3.8, 4) is 0 Å². The Morgan fingerprint density at radius 3 is 0.750 bits per heavy atom. The molecule has 4 heavy (non-hydrogen) atoms. The van der Waals surface area contributed by atoms with Gasteiger partial charge in [-0.3, -0.25) is 0 Å². The summed E-state index contributed by atoms with van der Waals surface area (Å²) in [6.45, 7) is 0. The molecule has 0 aromatic carbocycles. The predicted molar refractivity (Wildman–Crippen MR) is 0 cm³/mol. The van der Waals surface area contributed by atoms with E-state index in [2.05, 4.69) is 0 Å². The summed E-state index contributed by atoms with van der Waals surface area (Å²) in [4.78, 5) is 0. The molecular weight excluding hydrogens is 259 g/mol. The maximum Gasteiger partial charge on any atom is 0 e. The second-order valence-corrected chi connectivity index (χ2v) is 0. The van der Waals surface area contributed by atoms with Crippen molar-refractivity contribution >= 4 is 0 Å². The Bertz CT molecular complexity index is 6.00. The molecule has 0 saturated carbocycles. The molecule has 0 rings (SSSR count). The van der Waals surface area contributed by atoms with Gasteiger partial charge in [0.25, 0.3) is 0 Å². The van der Waals surface area contributed by atoms with Crippen molar-refractivity contribution in [2.45, 2.75) is 0 Å². The topological polar surface area (TPSA) is 0 Å². The minimum atomic E-state index is 0. The van der Waals surface area contributed by atoms with Gasteiger partial charge in [-0.2, -0.15) is 0 Å². The van der Waals surface area contributed by atoms with E-state index in [0.717, 1.165) is 0 Å². The van der Waals surface area contributed by atoms with Crippen molar-refractivity contribution in [2.75, 3.05) is 0 Å². The summed E-state index contributed by atoms with van der Waals surface area (Å²) in [5, 5.41) is 0. The van der Waals surface area contributed by atoms with Crippen LogP contribution in [-0.4, -0.2) is 0 Å². The first kappa shape index (κ1) is 31.8. The Kier molecular flexibility index (Phi) is 142. The molecule has 0 aromatic rings. The van der Waals surface area contributed by atoms with Gasteiger partial charge in [0.2, 0.25) is 0 Å². The first-order valence-corrected chi connectivity index (χ1v) is 0. The van der Waals surface area contributed by atoms with Crippen molar-refractivity contribution in [1.82, 2.24) is 0 Å². The standard InChI is InChI=1S/2Cr.Cu.Zr. The molecule has 0 atom stereocenters. The molecule has 0 aliphatic heterocycles. The minimum absolute atomic E-state index is 0. The van der Waals surface area contributed by atoms with E-state index in [0.29, 0.717) is 0 Å². The molecule has 0 bridgehead atoms. The van der Waals surface area contributed by atoms with Gasteiger partial charge in [-0.1, -0.05) is 0 Å². The molecule has 0 heterocycles. The number of hydrogen-bond acceptors (Lipinski definition) is 0. The van der Waals surface area contributed by atoms with Crippen LogP contribution in [0.1, 0.15) is 0 Å². The van der Waals surface area contributed by atoms with Gasteiger partial charge in [-0.05, 0) is 0 Å². The first-order valence-electron chi connectivity index (χ1n) is 0. The van der Waals surface area contributed by atoms with Gasteiger partial charge in [-0.25, -0.2) is 0 Å². The Balaban J connectivity index is 0. The van der Waals surface area contributed by atoms with Crippen molar-refractivity contribution in [3.05, 3.63) is 0 Å². The van der Waals surface area contributed by atoms with E-state index >= 15 is 0 Å². The van der Waals surface area contributed by atoms with Gasteiger partial charge in [-0.15, -0.1) is 0 Å². The van der Waals surface area contributed by atoms with Crippen LogP contribution < -0.4 is 0 Å². The maximum atomic E-state index is 0. The van der Waals surface area contributed by atoms with Crippen molar-refractivity contribution in [3.63, 3.8) is 0 Å². The fraction of sp³-hybridized carbons (Fsp3) is 0. The third-order valence-electron chi connectivity index (χ3n) is 0. The third kappa shape index (κ3) is 8.82. The Hall–Kier alpha value is 2.47. The zero-order valence-electron chi connectivity index (χ0n) is 1.62. The summed E-state index contributed by atoms with van der Waals surface area (Å²) < 4.78 is 0. The van der Waals surface area contributed by atoms with Crippen molar-refractivity contribution in [2.24, 2.45) is 0 Å². The fourth-order valence-electron chi connectivity index (χ4n) is 0. The van der Waals surface area contributed by atoms with E-state index in [1.165, 1.54) is 0 Å². The summed E-state index contributed by atoms with van der Waals surface area (Å²) in [6.07, 6.45) is 0. The predicted octanol–water partition coefficient (Wildman–Crippen LogP) is -0.0100.